The molecule has 2 atom stereocenters. The van der Waals surface area contributed by atoms with Crippen LogP contribution in [0.25, 0.3) is 0 Å². The number of piperazine rings is 1. The molecule has 0 aliphatic carbocycles. The van der Waals surface area contributed by atoms with E-state index in [4.69, 9.17) is 5.26 Å². The van der Waals surface area contributed by atoms with E-state index >= 15 is 0 Å². The van der Waals surface area contributed by atoms with E-state index in [0.717, 1.165) is 0 Å². The van der Waals surface area contributed by atoms with E-state index in [9.17, 15) is 8.42 Å². The first kappa shape index (κ1) is 15.0. The highest BCUT2D eigenvalue weighted by Gasteiger charge is 2.30. The summed E-state index contributed by atoms with van der Waals surface area (Å²) in [4.78, 5) is 0. The van der Waals surface area contributed by atoms with Crippen molar-refractivity contribution in [3.05, 3.63) is 35.4 Å². The van der Waals surface area contributed by atoms with Gasteiger partial charge in [-0.2, -0.15) is 9.57 Å². The van der Waals surface area contributed by atoms with Crippen LogP contribution >= 0.6 is 0 Å². The van der Waals surface area contributed by atoms with Crippen molar-refractivity contribution < 1.29 is 8.42 Å². The summed E-state index contributed by atoms with van der Waals surface area (Å²) in [5, 5.41) is 12.4. The molecule has 2 unspecified atom stereocenters. The van der Waals surface area contributed by atoms with Gasteiger partial charge in [-0.1, -0.05) is 18.2 Å². The number of rotatable bonds is 3. The third-order valence-corrected chi connectivity index (χ3v) is 5.15. The second-order valence-corrected chi connectivity index (χ2v) is 7.28. The van der Waals surface area contributed by atoms with Crippen LogP contribution in [0, 0.1) is 11.3 Å². The highest BCUT2D eigenvalue weighted by Crippen LogP contribution is 2.17. The van der Waals surface area contributed by atoms with E-state index in [1.807, 2.05) is 19.9 Å². The summed E-state index contributed by atoms with van der Waals surface area (Å²) in [6, 6.07) is 9.17. The van der Waals surface area contributed by atoms with Crippen molar-refractivity contribution in [2.24, 2.45) is 0 Å². The largest absolute Gasteiger partial charge is 0.309 e. The Bertz CT molecular complexity index is 612. The minimum absolute atomic E-state index is 0.115. The maximum absolute atomic E-state index is 12.5. The summed E-state index contributed by atoms with van der Waals surface area (Å²) in [6.45, 7) is 4.89. The second-order valence-electron chi connectivity index (χ2n) is 5.31. The number of nitrogens with zero attached hydrogens (tertiary/aromatic N) is 2. The molecular formula is C14H19N3O2S. The normalized spacial score (nSPS) is 24.2. The highest BCUT2D eigenvalue weighted by molar-refractivity contribution is 7.88. The van der Waals surface area contributed by atoms with Crippen LogP contribution in [0.15, 0.2) is 24.3 Å². The van der Waals surface area contributed by atoms with Gasteiger partial charge in [-0.05, 0) is 25.5 Å². The predicted molar refractivity (Wildman–Crippen MR) is 77.4 cm³/mol. The van der Waals surface area contributed by atoms with Gasteiger partial charge in [0.1, 0.15) is 0 Å². The van der Waals surface area contributed by atoms with Crippen LogP contribution in [0.3, 0.4) is 0 Å². The van der Waals surface area contributed by atoms with Crippen molar-refractivity contribution in [2.45, 2.75) is 31.7 Å². The van der Waals surface area contributed by atoms with Crippen LogP contribution in [0.5, 0.6) is 0 Å². The van der Waals surface area contributed by atoms with Crippen LogP contribution in [0.1, 0.15) is 25.0 Å². The lowest BCUT2D eigenvalue weighted by Crippen LogP contribution is -2.55. The Labute approximate surface area is 120 Å². The molecule has 0 radical (unpaired) electrons. The van der Waals surface area contributed by atoms with E-state index in [1.54, 1.807) is 24.3 Å². The fraction of sp³-hybridized carbons (Fsp3) is 0.500. The van der Waals surface area contributed by atoms with Crippen LogP contribution in [0.4, 0.5) is 0 Å². The number of hydrogen-bond donors (Lipinski definition) is 1. The molecule has 0 spiro atoms. The fourth-order valence-corrected chi connectivity index (χ4v) is 4.28. The molecule has 0 aromatic heterocycles. The zero-order valence-corrected chi connectivity index (χ0v) is 12.5. The van der Waals surface area contributed by atoms with Crippen molar-refractivity contribution in [3.8, 4) is 6.07 Å². The molecule has 0 saturated carbocycles. The Balaban J connectivity index is 2.21. The minimum Gasteiger partial charge on any atom is -0.309 e. The maximum Gasteiger partial charge on any atom is 0.218 e. The number of sulfonamides is 1. The molecule has 0 amide bonds. The Morgan fingerprint density at radius 2 is 1.90 bits per heavy atom. The maximum atomic E-state index is 12.5. The van der Waals surface area contributed by atoms with Gasteiger partial charge >= 0.3 is 0 Å². The minimum atomic E-state index is -3.39. The molecule has 1 heterocycles. The first-order valence-electron chi connectivity index (χ1n) is 6.64. The lowest BCUT2D eigenvalue weighted by molar-refractivity contribution is 0.262. The van der Waals surface area contributed by atoms with Crippen molar-refractivity contribution >= 4 is 10.0 Å². The lowest BCUT2D eigenvalue weighted by Gasteiger charge is -2.35. The fourth-order valence-electron chi connectivity index (χ4n) is 2.55. The van der Waals surface area contributed by atoms with E-state index in [-0.39, 0.29) is 17.8 Å². The molecule has 20 heavy (non-hydrogen) atoms. The average molecular weight is 293 g/mol. The molecule has 1 fully saturated rings. The Hall–Kier alpha value is -1.42. The van der Waals surface area contributed by atoms with Gasteiger partial charge < -0.3 is 5.32 Å². The first-order chi connectivity index (χ1) is 9.42. The summed E-state index contributed by atoms with van der Waals surface area (Å²) in [6.07, 6.45) is 0. The van der Waals surface area contributed by atoms with Gasteiger partial charge in [0.2, 0.25) is 10.0 Å². The topological polar surface area (TPSA) is 73.2 Å². The van der Waals surface area contributed by atoms with E-state index < -0.39 is 10.0 Å². The Morgan fingerprint density at radius 3 is 2.50 bits per heavy atom. The van der Waals surface area contributed by atoms with Crippen LogP contribution in [-0.4, -0.2) is 37.9 Å². The molecule has 0 bridgehead atoms. The van der Waals surface area contributed by atoms with Crippen molar-refractivity contribution in [2.75, 3.05) is 13.1 Å². The van der Waals surface area contributed by atoms with Gasteiger partial charge in [0.05, 0.1) is 17.4 Å². The molecule has 108 valence electrons. The molecule has 1 aromatic carbocycles. The van der Waals surface area contributed by atoms with Gasteiger partial charge in [0, 0.05) is 25.2 Å². The number of hydrogen-bond acceptors (Lipinski definition) is 4. The molecule has 5 nitrogen and oxygen atoms in total. The Kier molecular flexibility index (Phi) is 4.43. The summed E-state index contributed by atoms with van der Waals surface area (Å²) in [5.74, 6) is -0.115. The van der Waals surface area contributed by atoms with Crippen molar-refractivity contribution in [1.29, 1.82) is 5.26 Å². The molecule has 1 aromatic rings. The molecule has 1 N–H and O–H groups in total. The summed E-state index contributed by atoms with van der Waals surface area (Å²) < 4.78 is 26.5. The molecule has 1 aliphatic heterocycles. The molecular weight excluding hydrogens is 274 g/mol. The summed E-state index contributed by atoms with van der Waals surface area (Å²) in [7, 11) is -3.39. The third-order valence-electron chi connectivity index (χ3n) is 3.39. The van der Waals surface area contributed by atoms with Gasteiger partial charge in [0.25, 0.3) is 0 Å². The van der Waals surface area contributed by atoms with Crippen LogP contribution in [0.2, 0.25) is 0 Å². The highest BCUT2D eigenvalue weighted by atomic mass is 32.2. The smallest absolute Gasteiger partial charge is 0.218 e. The monoisotopic (exact) mass is 293 g/mol. The van der Waals surface area contributed by atoms with Crippen molar-refractivity contribution in [1.82, 2.24) is 9.62 Å². The van der Waals surface area contributed by atoms with Gasteiger partial charge in [-0.3, -0.25) is 0 Å². The van der Waals surface area contributed by atoms with Crippen molar-refractivity contribution in [3.63, 3.8) is 0 Å². The number of nitriles is 1. The van der Waals surface area contributed by atoms with Crippen LogP contribution in [-0.2, 0) is 15.8 Å². The predicted octanol–water partition coefficient (Wildman–Crippen LogP) is 1.07. The SMILES string of the molecule is CC1CN(S(=O)(=O)Cc2ccccc2C#N)CC(C)N1. The van der Waals surface area contributed by atoms with Gasteiger partial charge in [0.15, 0.2) is 0 Å². The molecule has 6 heteroatoms. The zero-order chi connectivity index (χ0) is 14.8. The average Bonchev–Trinajstić information content (AvgIpc) is 2.38. The molecule has 1 saturated heterocycles. The van der Waals surface area contributed by atoms with E-state index in [0.29, 0.717) is 24.2 Å². The second kappa shape index (κ2) is 5.92. The summed E-state index contributed by atoms with van der Waals surface area (Å²) in [5.41, 5.74) is 0.987. The zero-order valence-electron chi connectivity index (χ0n) is 11.7. The lowest BCUT2D eigenvalue weighted by atomic mass is 10.1. The van der Waals surface area contributed by atoms with Gasteiger partial charge in [-0.25, -0.2) is 8.42 Å². The standard InChI is InChI=1S/C14H19N3O2S/c1-11-8-17(9-12(2)16-11)20(18,19)10-14-6-4-3-5-13(14)7-15/h3-6,11-12,16H,8-10H2,1-2H3. The number of nitrogens with one attached hydrogen (secondary N) is 1. The Morgan fingerprint density at radius 1 is 1.30 bits per heavy atom. The first-order valence-corrected chi connectivity index (χ1v) is 8.25. The summed E-state index contributed by atoms with van der Waals surface area (Å²) >= 11 is 0. The van der Waals surface area contributed by atoms with Crippen LogP contribution < -0.4 is 5.32 Å². The van der Waals surface area contributed by atoms with Gasteiger partial charge in [-0.15, -0.1) is 0 Å². The molecule has 2 rings (SSSR count). The van der Waals surface area contributed by atoms with E-state index in [1.165, 1.54) is 4.31 Å². The molecule has 1 aliphatic rings. The van der Waals surface area contributed by atoms with E-state index in [2.05, 4.69) is 5.32 Å². The quantitative estimate of drug-likeness (QED) is 0.905. The third kappa shape index (κ3) is 3.37. The number of benzene rings is 1.